The number of likely N-dealkylation sites (N-methyl/N-ethyl adjacent to an activating group) is 1. The van der Waals surface area contributed by atoms with Crippen LogP contribution in [0, 0.1) is 21.0 Å². The predicted octanol–water partition coefficient (Wildman–Crippen LogP) is 4.96. The SMILES string of the molecule is CCN(CCNC1CCCC1)S(=O)(=O)Nc1ccc(F)c(F)c1Nc1ccc(I)cc1F. The van der Waals surface area contributed by atoms with E-state index in [1.807, 2.05) is 22.6 Å². The maximum absolute atomic E-state index is 14.6. The number of halogens is 4. The first-order valence-electron chi connectivity index (χ1n) is 10.4. The fourth-order valence-corrected chi connectivity index (χ4v) is 5.36. The highest BCUT2D eigenvalue weighted by atomic mass is 127. The van der Waals surface area contributed by atoms with Gasteiger partial charge >= 0.3 is 10.2 Å². The highest BCUT2D eigenvalue weighted by molar-refractivity contribution is 14.1. The van der Waals surface area contributed by atoms with Crippen LogP contribution in [-0.2, 0) is 10.2 Å². The summed E-state index contributed by atoms with van der Waals surface area (Å²) in [5.41, 5.74) is -0.818. The molecule has 1 aliphatic rings. The molecule has 0 radical (unpaired) electrons. The third kappa shape index (κ3) is 6.27. The second kappa shape index (κ2) is 11.0. The van der Waals surface area contributed by atoms with Crippen molar-refractivity contribution in [3.8, 4) is 0 Å². The van der Waals surface area contributed by atoms with E-state index >= 15 is 0 Å². The number of hydrogen-bond acceptors (Lipinski definition) is 4. The number of nitrogens with zero attached hydrogens (tertiary/aromatic N) is 1. The first-order chi connectivity index (χ1) is 15.2. The molecule has 0 heterocycles. The molecule has 176 valence electrons. The van der Waals surface area contributed by atoms with Gasteiger partial charge in [0, 0.05) is 29.2 Å². The Bertz CT molecular complexity index is 1050. The molecule has 2 aromatic carbocycles. The third-order valence-electron chi connectivity index (χ3n) is 5.37. The lowest BCUT2D eigenvalue weighted by Gasteiger charge is -2.24. The lowest BCUT2D eigenvalue weighted by molar-refractivity contribution is 0.406. The summed E-state index contributed by atoms with van der Waals surface area (Å²) in [6.45, 7) is 2.59. The molecule has 0 unspecified atom stereocenters. The Morgan fingerprint density at radius 1 is 1.06 bits per heavy atom. The maximum atomic E-state index is 14.6. The topological polar surface area (TPSA) is 73.5 Å². The van der Waals surface area contributed by atoms with Crippen molar-refractivity contribution in [3.05, 3.63) is 51.4 Å². The van der Waals surface area contributed by atoms with Gasteiger partial charge in [-0.2, -0.15) is 12.7 Å². The molecule has 0 bridgehead atoms. The second-order valence-corrected chi connectivity index (χ2v) is 10.5. The van der Waals surface area contributed by atoms with Crippen molar-refractivity contribution in [2.75, 3.05) is 29.7 Å². The van der Waals surface area contributed by atoms with Gasteiger partial charge in [0.1, 0.15) is 11.5 Å². The van der Waals surface area contributed by atoms with E-state index in [-0.39, 0.29) is 24.5 Å². The van der Waals surface area contributed by atoms with Gasteiger partial charge in [-0.25, -0.2) is 13.2 Å². The summed E-state index contributed by atoms with van der Waals surface area (Å²) in [5.74, 6) is -3.17. The van der Waals surface area contributed by atoms with Crippen molar-refractivity contribution >= 4 is 49.9 Å². The fourth-order valence-electron chi connectivity index (χ4n) is 3.66. The van der Waals surface area contributed by atoms with Crippen LogP contribution in [0.25, 0.3) is 0 Å². The van der Waals surface area contributed by atoms with Crippen LogP contribution in [0.3, 0.4) is 0 Å². The molecule has 0 aliphatic heterocycles. The average Bonchev–Trinajstić information content (AvgIpc) is 3.25. The molecule has 0 atom stereocenters. The van der Waals surface area contributed by atoms with Crippen LogP contribution in [0.1, 0.15) is 32.6 Å². The molecular formula is C21H26F3IN4O2S. The van der Waals surface area contributed by atoms with Gasteiger partial charge in [-0.15, -0.1) is 0 Å². The minimum absolute atomic E-state index is 0.108. The van der Waals surface area contributed by atoms with Crippen molar-refractivity contribution in [3.63, 3.8) is 0 Å². The monoisotopic (exact) mass is 582 g/mol. The van der Waals surface area contributed by atoms with Crippen LogP contribution in [0.5, 0.6) is 0 Å². The van der Waals surface area contributed by atoms with Crippen molar-refractivity contribution in [2.24, 2.45) is 0 Å². The predicted molar refractivity (Wildman–Crippen MR) is 129 cm³/mol. The first kappa shape index (κ1) is 25.1. The lowest BCUT2D eigenvalue weighted by Crippen LogP contribution is -2.41. The van der Waals surface area contributed by atoms with E-state index in [4.69, 9.17) is 0 Å². The van der Waals surface area contributed by atoms with E-state index in [2.05, 4.69) is 15.4 Å². The molecule has 2 aromatic rings. The van der Waals surface area contributed by atoms with Gasteiger partial charge in [0.05, 0.1) is 11.4 Å². The van der Waals surface area contributed by atoms with Crippen LogP contribution in [0.4, 0.5) is 30.2 Å². The maximum Gasteiger partial charge on any atom is 0.301 e. The molecule has 3 N–H and O–H groups in total. The molecular weight excluding hydrogens is 556 g/mol. The number of benzene rings is 2. The van der Waals surface area contributed by atoms with E-state index in [1.54, 1.807) is 13.0 Å². The van der Waals surface area contributed by atoms with Gasteiger partial charge in [0.2, 0.25) is 0 Å². The molecule has 0 spiro atoms. The van der Waals surface area contributed by atoms with Crippen molar-refractivity contribution in [1.29, 1.82) is 0 Å². The summed E-state index contributed by atoms with van der Waals surface area (Å²) in [7, 11) is -4.06. The summed E-state index contributed by atoms with van der Waals surface area (Å²) < 4.78 is 72.7. The van der Waals surface area contributed by atoms with Gasteiger partial charge in [-0.3, -0.25) is 4.72 Å². The van der Waals surface area contributed by atoms with Crippen molar-refractivity contribution in [2.45, 2.75) is 38.6 Å². The quantitative estimate of drug-likeness (QED) is 0.347. The normalized spacial score (nSPS) is 14.8. The molecule has 3 rings (SSSR count). The Kier molecular flexibility index (Phi) is 8.64. The van der Waals surface area contributed by atoms with Crippen LogP contribution in [-0.4, -0.2) is 38.4 Å². The van der Waals surface area contributed by atoms with Gasteiger partial charge in [0.25, 0.3) is 0 Å². The zero-order chi connectivity index (χ0) is 23.3. The van der Waals surface area contributed by atoms with E-state index in [9.17, 15) is 21.6 Å². The average molecular weight is 582 g/mol. The molecule has 32 heavy (non-hydrogen) atoms. The molecule has 11 heteroatoms. The van der Waals surface area contributed by atoms with E-state index in [1.165, 1.54) is 29.3 Å². The summed E-state index contributed by atoms with van der Waals surface area (Å²) in [6.07, 6.45) is 4.50. The first-order valence-corrected chi connectivity index (χ1v) is 12.9. The lowest BCUT2D eigenvalue weighted by atomic mass is 10.2. The summed E-state index contributed by atoms with van der Waals surface area (Å²) in [4.78, 5) is 0. The minimum Gasteiger partial charge on any atom is -0.349 e. The van der Waals surface area contributed by atoms with Crippen LogP contribution >= 0.6 is 22.6 Å². The van der Waals surface area contributed by atoms with Crippen LogP contribution in [0.15, 0.2) is 30.3 Å². The summed E-state index contributed by atoms with van der Waals surface area (Å²) in [5, 5.41) is 5.84. The zero-order valence-electron chi connectivity index (χ0n) is 17.6. The number of hydrogen-bond donors (Lipinski definition) is 3. The van der Waals surface area contributed by atoms with Crippen molar-refractivity contribution < 1.29 is 21.6 Å². The van der Waals surface area contributed by atoms with Crippen LogP contribution < -0.4 is 15.4 Å². The Morgan fingerprint density at radius 3 is 2.41 bits per heavy atom. The number of rotatable bonds is 10. The van der Waals surface area contributed by atoms with E-state index in [0.717, 1.165) is 25.0 Å². The standard InChI is InChI=1S/C21H26F3IN4O2S/c1-2-29(12-11-26-15-5-3-4-6-15)32(30,31)28-19-10-8-16(22)20(24)21(19)27-18-9-7-14(25)13-17(18)23/h7-10,13,15,26-28H,2-6,11-12H2,1H3. The Hall–Kier alpha value is -1.57. The van der Waals surface area contributed by atoms with Gasteiger partial charge in [-0.1, -0.05) is 19.8 Å². The second-order valence-electron chi connectivity index (χ2n) is 7.57. The number of anilines is 3. The molecule has 0 amide bonds. The smallest absolute Gasteiger partial charge is 0.301 e. The highest BCUT2D eigenvalue weighted by Gasteiger charge is 2.24. The molecule has 6 nitrogen and oxygen atoms in total. The van der Waals surface area contributed by atoms with Crippen LogP contribution in [0.2, 0.25) is 0 Å². The summed E-state index contributed by atoms with van der Waals surface area (Å²) >= 11 is 1.92. The van der Waals surface area contributed by atoms with E-state index < -0.39 is 33.3 Å². The molecule has 0 saturated heterocycles. The zero-order valence-corrected chi connectivity index (χ0v) is 20.6. The number of nitrogens with one attached hydrogen (secondary N) is 3. The Morgan fingerprint density at radius 2 is 1.75 bits per heavy atom. The Labute approximate surface area is 200 Å². The third-order valence-corrected chi connectivity index (χ3v) is 7.64. The van der Waals surface area contributed by atoms with Crippen molar-refractivity contribution in [1.82, 2.24) is 9.62 Å². The highest BCUT2D eigenvalue weighted by Crippen LogP contribution is 2.32. The van der Waals surface area contributed by atoms with Gasteiger partial charge in [-0.05, 0) is 65.8 Å². The molecule has 0 aromatic heterocycles. The fraction of sp³-hybridized carbons (Fsp3) is 0.429. The largest absolute Gasteiger partial charge is 0.349 e. The molecule has 1 fully saturated rings. The van der Waals surface area contributed by atoms with Gasteiger partial charge in [0.15, 0.2) is 11.6 Å². The minimum atomic E-state index is -4.06. The summed E-state index contributed by atoms with van der Waals surface area (Å²) in [6, 6.07) is 6.50. The Balaban J connectivity index is 1.79. The molecule has 1 aliphatic carbocycles. The van der Waals surface area contributed by atoms with E-state index in [0.29, 0.717) is 16.2 Å². The van der Waals surface area contributed by atoms with Gasteiger partial charge < -0.3 is 10.6 Å². The molecule has 1 saturated carbocycles.